The van der Waals surface area contributed by atoms with Crippen molar-refractivity contribution < 1.29 is 19.1 Å². The molecule has 2 fully saturated rings. The lowest BCUT2D eigenvalue weighted by atomic mass is 9.80. The number of unbranched alkanes of at least 4 members (excludes halogenated alkanes) is 1. The van der Waals surface area contributed by atoms with Crippen molar-refractivity contribution in [2.45, 2.75) is 71.0 Å². The standard InChI is InChI=1S/C30H41N3O4/c1-5-6-16-33-28(34)27(19-22(2)3)31-29(35)30(33)14-17-32(18-15-30)21-23-10-12-24(13-11-23)37-26-9-7-8-25(20-26)36-4/h7-13,20,22,27H,5-6,14-19,21H2,1-4H3,(H,31,35). The van der Waals surface area contributed by atoms with E-state index in [9.17, 15) is 9.59 Å². The summed E-state index contributed by atoms with van der Waals surface area (Å²) in [5.74, 6) is 2.75. The maximum Gasteiger partial charge on any atom is 0.246 e. The highest BCUT2D eigenvalue weighted by Gasteiger charge is 2.53. The van der Waals surface area contributed by atoms with E-state index in [0.717, 1.165) is 49.7 Å². The van der Waals surface area contributed by atoms with Gasteiger partial charge in [-0.1, -0.05) is 45.4 Å². The number of likely N-dealkylation sites (tertiary alicyclic amines) is 1. The van der Waals surface area contributed by atoms with Gasteiger partial charge in [0.2, 0.25) is 11.8 Å². The topological polar surface area (TPSA) is 71.1 Å². The Morgan fingerprint density at radius 1 is 1.03 bits per heavy atom. The van der Waals surface area contributed by atoms with Crippen LogP contribution in [-0.2, 0) is 16.1 Å². The van der Waals surface area contributed by atoms with E-state index >= 15 is 0 Å². The summed E-state index contributed by atoms with van der Waals surface area (Å²) in [6.45, 7) is 9.33. The second-order valence-electron chi connectivity index (χ2n) is 10.7. The number of nitrogens with zero attached hydrogens (tertiary/aromatic N) is 2. The van der Waals surface area contributed by atoms with E-state index in [1.807, 2.05) is 41.3 Å². The summed E-state index contributed by atoms with van der Waals surface area (Å²) in [5, 5.41) is 3.09. The van der Waals surface area contributed by atoms with Crippen LogP contribution in [-0.4, -0.2) is 59.9 Å². The van der Waals surface area contributed by atoms with Crippen molar-refractivity contribution in [3.63, 3.8) is 0 Å². The quantitative estimate of drug-likeness (QED) is 0.490. The number of hydrogen-bond acceptors (Lipinski definition) is 5. The number of methoxy groups -OCH3 is 1. The van der Waals surface area contributed by atoms with Crippen molar-refractivity contribution in [3.05, 3.63) is 54.1 Å². The van der Waals surface area contributed by atoms with Gasteiger partial charge < -0.3 is 19.7 Å². The number of amides is 2. The molecular formula is C30H41N3O4. The molecule has 1 unspecified atom stereocenters. The lowest BCUT2D eigenvalue weighted by molar-refractivity contribution is -0.161. The zero-order valence-corrected chi connectivity index (χ0v) is 22.7. The minimum atomic E-state index is -0.718. The molecule has 1 N–H and O–H groups in total. The van der Waals surface area contributed by atoms with E-state index in [2.05, 4.69) is 43.1 Å². The average Bonchev–Trinajstić information content (AvgIpc) is 2.89. The summed E-state index contributed by atoms with van der Waals surface area (Å²) >= 11 is 0. The van der Waals surface area contributed by atoms with Gasteiger partial charge in [-0.05, 0) is 61.4 Å². The van der Waals surface area contributed by atoms with Gasteiger partial charge in [0.15, 0.2) is 0 Å². The Kier molecular flexibility index (Phi) is 8.75. The number of ether oxygens (including phenoxy) is 2. The van der Waals surface area contributed by atoms with E-state index in [-0.39, 0.29) is 11.8 Å². The Bertz CT molecular complexity index is 1060. The van der Waals surface area contributed by atoms with Gasteiger partial charge in [0, 0.05) is 32.2 Å². The van der Waals surface area contributed by atoms with Crippen molar-refractivity contribution in [2.24, 2.45) is 5.92 Å². The fraction of sp³-hybridized carbons (Fsp3) is 0.533. The summed E-state index contributed by atoms with van der Waals surface area (Å²) in [6, 6.07) is 15.3. The van der Waals surface area contributed by atoms with Crippen molar-refractivity contribution >= 4 is 11.8 Å². The summed E-state index contributed by atoms with van der Waals surface area (Å²) in [4.78, 5) is 31.2. The largest absolute Gasteiger partial charge is 0.497 e. The highest BCUT2D eigenvalue weighted by atomic mass is 16.5. The second-order valence-corrected chi connectivity index (χ2v) is 10.7. The fourth-order valence-corrected chi connectivity index (χ4v) is 5.45. The molecule has 2 saturated heterocycles. The van der Waals surface area contributed by atoms with Gasteiger partial charge >= 0.3 is 0 Å². The molecule has 2 aromatic rings. The molecule has 0 aliphatic carbocycles. The van der Waals surface area contributed by atoms with Gasteiger partial charge in [0.05, 0.1) is 7.11 Å². The van der Waals surface area contributed by atoms with E-state index in [1.165, 1.54) is 5.56 Å². The number of carbonyl (C=O) groups excluding carboxylic acids is 2. The van der Waals surface area contributed by atoms with Crippen LogP contribution in [0.15, 0.2) is 48.5 Å². The van der Waals surface area contributed by atoms with Crippen molar-refractivity contribution in [1.82, 2.24) is 15.1 Å². The van der Waals surface area contributed by atoms with Crippen LogP contribution in [0.2, 0.25) is 0 Å². The first-order valence-corrected chi connectivity index (χ1v) is 13.6. The minimum absolute atomic E-state index is 0.0348. The first-order chi connectivity index (χ1) is 17.8. The van der Waals surface area contributed by atoms with Crippen molar-refractivity contribution in [1.29, 1.82) is 0 Å². The molecule has 2 amide bonds. The molecule has 2 aliphatic heterocycles. The molecule has 0 bridgehead atoms. The van der Waals surface area contributed by atoms with Crippen LogP contribution in [0.1, 0.15) is 58.4 Å². The van der Waals surface area contributed by atoms with Gasteiger partial charge in [0.1, 0.15) is 28.8 Å². The van der Waals surface area contributed by atoms with E-state index in [0.29, 0.717) is 31.7 Å². The van der Waals surface area contributed by atoms with Crippen molar-refractivity contribution in [3.8, 4) is 17.2 Å². The third kappa shape index (κ3) is 6.27. The predicted molar refractivity (Wildman–Crippen MR) is 145 cm³/mol. The SMILES string of the molecule is CCCCN1C(=O)C(CC(C)C)NC(=O)C12CCN(Cc1ccc(Oc3cccc(OC)c3)cc1)CC2. The van der Waals surface area contributed by atoms with Crippen LogP contribution in [0.5, 0.6) is 17.2 Å². The van der Waals surface area contributed by atoms with Gasteiger partial charge in [-0.15, -0.1) is 0 Å². The van der Waals surface area contributed by atoms with Gasteiger partial charge in [-0.3, -0.25) is 14.5 Å². The number of nitrogens with one attached hydrogen (secondary N) is 1. The molecular weight excluding hydrogens is 466 g/mol. The molecule has 0 radical (unpaired) electrons. The Balaban J connectivity index is 1.38. The highest BCUT2D eigenvalue weighted by Crippen LogP contribution is 2.35. The van der Waals surface area contributed by atoms with Crippen molar-refractivity contribution in [2.75, 3.05) is 26.7 Å². The number of carbonyl (C=O) groups is 2. The molecule has 2 heterocycles. The van der Waals surface area contributed by atoms with E-state index < -0.39 is 11.6 Å². The molecule has 1 spiro atoms. The molecule has 0 saturated carbocycles. The third-order valence-corrected chi connectivity index (χ3v) is 7.54. The Hall–Kier alpha value is -3.06. The molecule has 2 aliphatic rings. The summed E-state index contributed by atoms with van der Waals surface area (Å²) < 4.78 is 11.2. The number of piperazine rings is 1. The monoisotopic (exact) mass is 507 g/mol. The normalized spacial score (nSPS) is 19.8. The van der Waals surface area contributed by atoms with Crippen LogP contribution in [0.25, 0.3) is 0 Å². The van der Waals surface area contributed by atoms with E-state index in [1.54, 1.807) is 7.11 Å². The molecule has 1 atom stereocenters. The number of benzene rings is 2. The van der Waals surface area contributed by atoms with E-state index in [4.69, 9.17) is 9.47 Å². The zero-order chi connectivity index (χ0) is 26.4. The minimum Gasteiger partial charge on any atom is -0.497 e. The third-order valence-electron chi connectivity index (χ3n) is 7.54. The first-order valence-electron chi connectivity index (χ1n) is 13.6. The molecule has 37 heavy (non-hydrogen) atoms. The molecule has 200 valence electrons. The summed E-state index contributed by atoms with van der Waals surface area (Å²) in [7, 11) is 1.64. The molecule has 2 aromatic carbocycles. The Morgan fingerprint density at radius 2 is 1.73 bits per heavy atom. The first kappa shape index (κ1) is 27.0. The molecule has 7 nitrogen and oxygen atoms in total. The zero-order valence-electron chi connectivity index (χ0n) is 22.7. The Morgan fingerprint density at radius 3 is 2.38 bits per heavy atom. The molecule has 0 aromatic heterocycles. The number of piperidine rings is 1. The lowest BCUT2D eigenvalue weighted by Gasteiger charge is -2.52. The van der Waals surface area contributed by atoms with Gasteiger partial charge in [-0.25, -0.2) is 0 Å². The van der Waals surface area contributed by atoms with Crippen LogP contribution in [0.4, 0.5) is 0 Å². The van der Waals surface area contributed by atoms with Crippen LogP contribution in [0, 0.1) is 5.92 Å². The van der Waals surface area contributed by atoms with Gasteiger partial charge in [-0.2, -0.15) is 0 Å². The maximum absolute atomic E-state index is 13.4. The molecule has 7 heteroatoms. The second kappa shape index (κ2) is 12.0. The summed E-state index contributed by atoms with van der Waals surface area (Å²) in [5.41, 5.74) is 0.475. The highest BCUT2D eigenvalue weighted by molar-refractivity contribution is 6.00. The smallest absolute Gasteiger partial charge is 0.246 e. The Labute approximate surface area is 221 Å². The number of hydrogen-bond donors (Lipinski definition) is 1. The maximum atomic E-state index is 13.4. The van der Waals surface area contributed by atoms with Crippen LogP contribution >= 0.6 is 0 Å². The predicted octanol–water partition coefficient (Wildman–Crippen LogP) is 5.00. The molecule has 4 rings (SSSR count). The van der Waals surface area contributed by atoms with Crippen LogP contribution in [0.3, 0.4) is 0 Å². The number of rotatable bonds is 10. The summed E-state index contributed by atoms with van der Waals surface area (Å²) in [6.07, 6.45) is 3.94. The lowest BCUT2D eigenvalue weighted by Crippen LogP contribution is -2.73. The fourth-order valence-electron chi connectivity index (χ4n) is 5.45. The average molecular weight is 508 g/mol. The van der Waals surface area contributed by atoms with Gasteiger partial charge in [0.25, 0.3) is 0 Å². The van der Waals surface area contributed by atoms with Crippen LogP contribution < -0.4 is 14.8 Å².